The number of ether oxygens (including phenoxy) is 1. The lowest BCUT2D eigenvalue weighted by molar-refractivity contribution is 0.0725. The second-order valence-corrected chi connectivity index (χ2v) is 13.6. The maximum absolute atomic E-state index is 13.8. The van der Waals surface area contributed by atoms with Crippen LogP contribution in [0.25, 0.3) is 28.1 Å². The largest absolute Gasteiger partial charge is 0.482 e. The summed E-state index contributed by atoms with van der Waals surface area (Å²) in [5.41, 5.74) is 12.3. The van der Waals surface area contributed by atoms with Gasteiger partial charge in [-0.1, -0.05) is 11.6 Å². The number of fused-ring (bicyclic) bond motifs is 4. The van der Waals surface area contributed by atoms with Crippen LogP contribution in [0, 0.1) is 12.8 Å². The van der Waals surface area contributed by atoms with Crippen molar-refractivity contribution in [1.29, 1.82) is 0 Å². The quantitative estimate of drug-likeness (QED) is 0.217. The van der Waals surface area contributed by atoms with Crippen molar-refractivity contribution >= 4 is 40.1 Å². The Hall–Kier alpha value is -4.48. The minimum atomic E-state index is -0.340. The highest BCUT2D eigenvalue weighted by atomic mass is 35.5. The van der Waals surface area contributed by atoms with Crippen molar-refractivity contribution in [3.05, 3.63) is 76.3 Å². The van der Waals surface area contributed by atoms with Gasteiger partial charge in [-0.2, -0.15) is 0 Å². The Morgan fingerprint density at radius 2 is 1.91 bits per heavy atom. The first-order valence-electron chi connectivity index (χ1n) is 16.3. The average Bonchev–Trinajstić information content (AvgIpc) is 3.38. The maximum atomic E-state index is 13.8. The number of aromatic nitrogens is 5. The smallest absolute Gasteiger partial charge is 0.254 e. The van der Waals surface area contributed by atoms with Crippen molar-refractivity contribution in [1.82, 2.24) is 34.1 Å². The highest BCUT2D eigenvalue weighted by molar-refractivity contribution is 6.29. The molecular weight excluding hydrogens is 616 g/mol. The fraction of sp³-hybridized carbons (Fsp3) is 0.400. The lowest BCUT2D eigenvalue weighted by Gasteiger charge is -2.23. The fourth-order valence-corrected chi connectivity index (χ4v) is 7.59. The summed E-state index contributed by atoms with van der Waals surface area (Å²) in [4.78, 5) is 42.9. The average molecular weight is 653 g/mol. The predicted octanol–water partition coefficient (Wildman–Crippen LogP) is 5.32. The molecule has 3 fully saturated rings. The molecule has 242 valence electrons. The number of aryl methyl sites for hydroxylation is 1. The Morgan fingerprint density at radius 3 is 2.60 bits per heavy atom. The van der Waals surface area contributed by atoms with Crippen LogP contribution in [0.15, 0.2) is 48.7 Å². The van der Waals surface area contributed by atoms with Crippen molar-refractivity contribution in [3.63, 3.8) is 0 Å². The highest BCUT2D eigenvalue weighted by Gasteiger charge is 2.47. The number of methoxy groups -OCH3 is 1. The molecule has 12 heteroatoms. The third-order valence-electron chi connectivity index (χ3n) is 10.1. The normalized spacial score (nSPS) is 21.1. The lowest BCUT2D eigenvalue weighted by Crippen LogP contribution is -2.40. The Kier molecular flexibility index (Phi) is 7.21. The molecule has 11 nitrogen and oxygen atoms in total. The zero-order valence-corrected chi connectivity index (χ0v) is 27.4. The third kappa shape index (κ3) is 5.12. The zero-order chi connectivity index (χ0) is 32.6. The molecule has 0 spiro atoms. The molecule has 0 aromatic carbocycles. The van der Waals surface area contributed by atoms with Gasteiger partial charge in [0.2, 0.25) is 0 Å². The molecule has 8 rings (SSSR count). The van der Waals surface area contributed by atoms with Gasteiger partial charge in [0, 0.05) is 47.9 Å². The van der Waals surface area contributed by atoms with Gasteiger partial charge in [-0.05, 0) is 88.3 Å². The summed E-state index contributed by atoms with van der Waals surface area (Å²) in [6, 6.07) is 13.1. The van der Waals surface area contributed by atoms with Crippen LogP contribution in [-0.4, -0.2) is 65.9 Å². The number of pyridine rings is 3. The zero-order valence-electron chi connectivity index (χ0n) is 26.6. The van der Waals surface area contributed by atoms with Crippen LogP contribution >= 0.6 is 11.6 Å². The predicted molar refractivity (Wildman–Crippen MR) is 179 cm³/mol. The highest BCUT2D eigenvalue weighted by Crippen LogP contribution is 2.40. The first-order valence-corrected chi connectivity index (χ1v) is 16.7. The molecule has 3 aliphatic rings. The van der Waals surface area contributed by atoms with Gasteiger partial charge in [-0.3, -0.25) is 14.0 Å². The Morgan fingerprint density at radius 1 is 1.09 bits per heavy atom. The van der Waals surface area contributed by atoms with Gasteiger partial charge in [0.25, 0.3) is 11.8 Å². The molecule has 1 saturated carbocycles. The van der Waals surface area contributed by atoms with E-state index in [1.165, 1.54) is 19.0 Å². The van der Waals surface area contributed by atoms with Crippen molar-refractivity contribution < 1.29 is 14.3 Å². The second-order valence-electron chi connectivity index (χ2n) is 13.2. The molecule has 2 bridgehead atoms. The van der Waals surface area contributed by atoms with E-state index >= 15 is 0 Å². The number of nitrogens with zero attached hydrogens (tertiary/aromatic N) is 6. The lowest BCUT2D eigenvalue weighted by atomic mass is 9.97. The molecule has 2 saturated heterocycles. The third-order valence-corrected chi connectivity index (χ3v) is 10.3. The molecule has 0 radical (unpaired) electrons. The molecule has 5 aromatic heterocycles. The summed E-state index contributed by atoms with van der Waals surface area (Å²) >= 11 is 5.90. The number of carbonyl (C=O) groups is 2. The van der Waals surface area contributed by atoms with Gasteiger partial charge in [0.15, 0.2) is 5.88 Å². The van der Waals surface area contributed by atoms with E-state index in [2.05, 4.69) is 27.0 Å². The van der Waals surface area contributed by atoms with Gasteiger partial charge >= 0.3 is 0 Å². The van der Waals surface area contributed by atoms with E-state index in [9.17, 15) is 9.59 Å². The summed E-state index contributed by atoms with van der Waals surface area (Å²) in [5, 5.41) is 4.36. The summed E-state index contributed by atoms with van der Waals surface area (Å²) in [5.74, 6) is 0.873. The number of amides is 2. The molecule has 0 unspecified atom stereocenters. The van der Waals surface area contributed by atoms with Crippen LogP contribution in [0.5, 0.6) is 5.88 Å². The maximum Gasteiger partial charge on any atom is 0.254 e. The van der Waals surface area contributed by atoms with Gasteiger partial charge < -0.3 is 25.3 Å². The van der Waals surface area contributed by atoms with Crippen LogP contribution in [0.3, 0.4) is 0 Å². The molecule has 7 heterocycles. The monoisotopic (exact) mass is 652 g/mol. The van der Waals surface area contributed by atoms with Crippen molar-refractivity contribution in [2.75, 3.05) is 7.11 Å². The molecule has 5 aromatic rings. The Labute approximate surface area is 277 Å². The summed E-state index contributed by atoms with van der Waals surface area (Å²) in [6.45, 7) is 4.77. The molecular formula is C35H37ClN8O3. The number of hydrogen-bond donors (Lipinski definition) is 2. The Balaban J connectivity index is 1.16. The molecule has 2 amide bonds. The minimum absolute atomic E-state index is 0.0124. The van der Waals surface area contributed by atoms with Crippen LogP contribution in [0.2, 0.25) is 5.15 Å². The number of carbonyl (C=O) groups excluding carboxylic acids is 2. The van der Waals surface area contributed by atoms with Gasteiger partial charge in [0.05, 0.1) is 35.8 Å². The number of nitrogens with one attached hydrogen (secondary N) is 1. The number of imidazole rings is 1. The van der Waals surface area contributed by atoms with Gasteiger partial charge in [-0.15, -0.1) is 0 Å². The van der Waals surface area contributed by atoms with Crippen molar-refractivity contribution in [2.24, 2.45) is 11.7 Å². The molecule has 4 atom stereocenters. The van der Waals surface area contributed by atoms with E-state index in [-0.39, 0.29) is 36.0 Å². The van der Waals surface area contributed by atoms with Crippen LogP contribution in [0.1, 0.15) is 77.2 Å². The van der Waals surface area contributed by atoms with Crippen molar-refractivity contribution in [3.8, 4) is 17.3 Å². The minimum Gasteiger partial charge on any atom is -0.482 e. The van der Waals surface area contributed by atoms with E-state index in [0.29, 0.717) is 33.7 Å². The fourth-order valence-electron chi connectivity index (χ4n) is 7.48. The van der Waals surface area contributed by atoms with Gasteiger partial charge in [0.1, 0.15) is 22.1 Å². The number of halogens is 1. The van der Waals surface area contributed by atoms with Crippen LogP contribution in [-0.2, 0) is 6.54 Å². The molecule has 1 aliphatic carbocycles. The van der Waals surface area contributed by atoms with Crippen LogP contribution in [0.4, 0.5) is 0 Å². The van der Waals surface area contributed by atoms with Crippen molar-refractivity contribution in [2.45, 2.75) is 76.7 Å². The first-order chi connectivity index (χ1) is 22.7. The molecule has 47 heavy (non-hydrogen) atoms. The SMILES string of the molecule is COc1cc(C(=O)N2[C@H]3CC[C@@H]2[C@H](N)C3)cc2nc(-c3cc4ccc([C@@H](C)NC(=O)c5ccc(Cl)nc5)nc4n3CC3CC3)c(C)n12. The standard InChI is InChI=1S/C35H37ClN8O3/c1-18(39-34(45)22-7-11-29(36)38-16-22)26-9-6-21-12-28(42(33(21)40-26)17-20-4-5-20)32-19(2)43-30(41-32)13-23(14-31(43)47-3)35(46)44-24-8-10-27(44)25(37)15-24/h6-7,9,11-14,16,18,20,24-25,27H,4-5,8,10,15,17,37H2,1-3H3,(H,39,45)/t18-,24+,25-,27-/m1/s1. The topological polar surface area (TPSA) is 133 Å². The summed E-state index contributed by atoms with van der Waals surface area (Å²) < 4.78 is 10.1. The van der Waals surface area contributed by atoms with E-state index in [4.69, 9.17) is 32.0 Å². The number of nitrogens with two attached hydrogens (primary N) is 1. The molecule has 2 aliphatic heterocycles. The Bertz CT molecular complexity index is 2050. The number of hydrogen-bond acceptors (Lipinski definition) is 7. The number of rotatable bonds is 8. The van der Waals surface area contributed by atoms with Crippen LogP contribution < -0.4 is 15.8 Å². The van der Waals surface area contributed by atoms with E-state index in [1.807, 2.05) is 41.3 Å². The summed E-state index contributed by atoms with van der Waals surface area (Å²) in [6.07, 6.45) is 6.62. The van der Waals surface area contributed by atoms with Gasteiger partial charge in [-0.25, -0.2) is 15.0 Å². The second kappa shape index (κ2) is 11.3. The van der Waals surface area contributed by atoms with E-state index < -0.39 is 0 Å². The first kappa shape index (κ1) is 29.9. The molecule has 3 N–H and O–H groups in total. The summed E-state index contributed by atoms with van der Waals surface area (Å²) in [7, 11) is 1.62. The van der Waals surface area contributed by atoms with E-state index in [1.54, 1.807) is 19.2 Å². The van der Waals surface area contributed by atoms with E-state index in [0.717, 1.165) is 59.6 Å².